The summed E-state index contributed by atoms with van der Waals surface area (Å²) in [6, 6.07) is 6.80. The van der Waals surface area contributed by atoms with Crippen LogP contribution in [-0.2, 0) is 9.59 Å². The Bertz CT molecular complexity index is 529. The Kier molecular flexibility index (Phi) is 8.51. The molecule has 0 saturated carbocycles. The second kappa shape index (κ2) is 10.1. The third-order valence-electron chi connectivity index (χ3n) is 3.59. The lowest BCUT2D eigenvalue weighted by atomic mass is 9.89. The summed E-state index contributed by atoms with van der Waals surface area (Å²) in [4.78, 5) is 23.7. The summed E-state index contributed by atoms with van der Waals surface area (Å²) in [6.45, 7) is 8.58. The van der Waals surface area contributed by atoms with Crippen molar-refractivity contribution in [2.24, 2.45) is 5.41 Å². The summed E-state index contributed by atoms with van der Waals surface area (Å²) in [7, 11) is 0. The van der Waals surface area contributed by atoms with Crippen molar-refractivity contribution >= 4 is 11.9 Å². The van der Waals surface area contributed by atoms with Crippen molar-refractivity contribution in [1.82, 2.24) is 0 Å². The Labute approximate surface area is 145 Å². The number of unbranched alkanes of at least 4 members (excludes halogenated alkanes) is 2. The number of rotatable bonds is 9. The lowest BCUT2D eigenvalue weighted by molar-refractivity contribution is -0.137. The van der Waals surface area contributed by atoms with E-state index < -0.39 is 0 Å². The van der Waals surface area contributed by atoms with Gasteiger partial charge in [-0.3, -0.25) is 9.59 Å². The van der Waals surface area contributed by atoms with Gasteiger partial charge in [0.2, 0.25) is 0 Å². The molecular weight excluding hydrogens is 304 g/mol. The molecule has 0 atom stereocenters. The molecule has 0 aromatic heterocycles. The van der Waals surface area contributed by atoms with E-state index in [1.165, 1.54) is 0 Å². The first-order chi connectivity index (χ1) is 11.3. The van der Waals surface area contributed by atoms with E-state index in [0.29, 0.717) is 24.3 Å². The molecule has 0 saturated heterocycles. The molecular formula is C20H30O4. The SMILES string of the molecule is CCCCC(=O)Oc1ccccc1OC(=O)CCCCC(C)(C)C. The van der Waals surface area contributed by atoms with Gasteiger partial charge >= 0.3 is 11.9 Å². The van der Waals surface area contributed by atoms with Gasteiger partial charge in [0.05, 0.1) is 0 Å². The van der Waals surface area contributed by atoms with Crippen molar-refractivity contribution in [1.29, 1.82) is 0 Å². The predicted octanol–water partition coefficient (Wildman–Crippen LogP) is 5.29. The molecule has 134 valence electrons. The van der Waals surface area contributed by atoms with Crippen LogP contribution >= 0.6 is 0 Å². The van der Waals surface area contributed by atoms with Gasteiger partial charge in [-0.2, -0.15) is 0 Å². The van der Waals surface area contributed by atoms with Gasteiger partial charge in [-0.1, -0.05) is 52.7 Å². The average Bonchev–Trinajstić information content (AvgIpc) is 2.50. The first kappa shape index (κ1) is 20.2. The number of ether oxygens (including phenoxy) is 2. The van der Waals surface area contributed by atoms with E-state index in [4.69, 9.17) is 9.47 Å². The fraction of sp³-hybridized carbons (Fsp3) is 0.600. The van der Waals surface area contributed by atoms with Crippen LogP contribution in [-0.4, -0.2) is 11.9 Å². The molecule has 1 rings (SSSR count). The van der Waals surface area contributed by atoms with Gasteiger partial charge in [0.15, 0.2) is 11.5 Å². The zero-order valence-electron chi connectivity index (χ0n) is 15.4. The number of benzene rings is 1. The number of carbonyl (C=O) groups excluding carboxylic acids is 2. The second-order valence-electron chi connectivity index (χ2n) is 7.27. The van der Waals surface area contributed by atoms with E-state index in [9.17, 15) is 9.59 Å². The number of esters is 2. The van der Waals surface area contributed by atoms with E-state index >= 15 is 0 Å². The molecule has 1 aromatic carbocycles. The van der Waals surface area contributed by atoms with Gasteiger partial charge in [0.25, 0.3) is 0 Å². The Morgan fingerprint density at radius 1 is 0.875 bits per heavy atom. The molecule has 0 spiro atoms. The maximum absolute atomic E-state index is 12.0. The lowest BCUT2D eigenvalue weighted by Crippen LogP contribution is -2.12. The zero-order chi connectivity index (χ0) is 18.0. The first-order valence-corrected chi connectivity index (χ1v) is 8.82. The normalized spacial score (nSPS) is 11.2. The van der Waals surface area contributed by atoms with Gasteiger partial charge in [0, 0.05) is 12.8 Å². The Balaban J connectivity index is 2.49. The minimum absolute atomic E-state index is 0.281. The number of carbonyl (C=O) groups is 2. The van der Waals surface area contributed by atoms with Crippen molar-refractivity contribution in [3.63, 3.8) is 0 Å². The Hall–Kier alpha value is -1.84. The van der Waals surface area contributed by atoms with Crippen LogP contribution in [0, 0.1) is 5.41 Å². The number of hydrogen-bond donors (Lipinski definition) is 0. The molecule has 0 aliphatic carbocycles. The number of hydrogen-bond acceptors (Lipinski definition) is 4. The first-order valence-electron chi connectivity index (χ1n) is 8.82. The van der Waals surface area contributed by atoms with Gasteiger partial charge in [-0.15, -0.1) is 0 Å². The molecule has 0 bridgehead atoms. The van der Waals surface area contributed by atoms with Crippen LogP contribution in [0.3, 0.4) is 0 Å². The maximum Gasteiger partial charge on any atom is 0.311 e. The standard InChI is InChI=1S/C20H30O4/c1-5-6-13-18(21)23-16-11-7-8-12-17(16)24-19(22)14-9-10-15-20(2,3)4/h7-8,11-12H,5-6,9-10,13-15H2,1-4H3. The minimum atomic E-state index is -0.300. The van der Waals surface area contributed by atoms with E-state index in [1.54, 1.807) is 24.3 Å². The van der Waals surface area contributed by atoms with Crippen molar-refractivity contribution < 1.29 is 19.1 Å². The second-order valence-corrected chi connectivity index (χ2v) is 7.27. The predicted molar refractivity (Wildman–Crippen MR) is 95.2 cm³/mol. The zero-order valence-corrected chi connectivity index (χ0v) is 15.4. The summed E-state index contributed by atoms with van der Waals surface area (Å²) in [5.74, 6) is 0.0244. The summed E-state index contributed by atoms with van der Waals surface area (Å²) >= 11 is 0. The lowest BCUT2D eigenvalue weighted by Gasteiger charge is -2.17. The Morgan fingerprint density at radius 3 is 1.83 bits per heavy atom. The van der Waals surface area contributed by atoms with Crippen molar-refractivity contribution in [3.05, 3.63) is 24.3 Å². The molecule has 4 heteroatoms. The molecule has 0 aliphatic rings. The molecule has 0 unspecified atom stereocenters. The van der Waals surface area contributed by atoms with Crippen LogP contribution in [0.4, 0.5) is 0 Å². The largest absolute Gasteiger partial charge is 0.423 e. The summed E-state index contributed by atoms with van der Waals surface area (Å²) in [6.07, 6.45) is 5.32. The fourth-order valence-electron chi connectivity index (χ4n) is 2.21. The summed E-state index contributed by atoms with van der Waals surface area (Å²) in [5, 5.41) is 0. The van der Waals surface area contributed by atoms with Crippen LogP contribution in [0.5, 0.6) is 11.5 Å². The monoisotopic (exact) mass is 334 g/mol. The molecule has 0 heterocycles. The van der Waals surface area contributed by atoms with Crippen molar-refractivity contribution in [2.75, 3.05) is 0 Å². The molecule has 4 nitrogen and oxygen atoms in total. The molecule has 0 aliphatic heterocycles. The molecule has 0 fully saturated rings. The summed E-state index contributed by atoms with van der Waals surface area (Å²) < 4.78 is 10.7. The highest BCUT2D eigenvalue weighted by atomic mass is 16.6. The molecule has 0 amide bonds. The van der Waals surface area contributed by atoms with Crippen LogP contribution in [0.1, 0.15) is 72.6 Å². The van der Waals surface area contributed by atoms with Crippen LogP contribution in [0.25, 0.3) is 0 Å². The van der Waals surface area contributed by atoms with E-state index in [2.05, 4.69) is 20.8 Å². The van der Waals surface area contributed by atoms with Crippen LogP contribution < -0.4 is 9.47 Å². The highest BCUT2D eigenvalue weighted by Crippen LogP contribution is 2.28. The average molecular weight is 334 g/mol. The molecule has 24 heavy (non-hydrogen) atoms. The Morgan fingerprint density at radius 2 is 1.38 bits per heavy atom. The van der Waals surface area contributed by atoms with Gasteiger partial charge < -0.3 is 9.47 Å². The number of para-hydroxylation sites is 2. The molecule has 0 N–H and O–H groups in total. The van der Waals surface area contributed by atoms with E-state index in [-0.39, 0.29) is 17.4 Å². The van der Waals surface area contributed by atoms with Crippen molar-refractivity contribution in [2.45, 2.75) is 72.6 Å². The highest BCUT2D eigenvalue weighted by Gasteiger charge is 2.14. The topological polar surface area (TPSA) is 52.6 Å². The highest BCUT2D eigenvalue weighted by molar-refractivity contribution is 5.76. The third-order valence-corrected chi connectivity index (χ3v) is 3.59. The summed E-state index contributed by atoms with van der Waals surface area (Å²) in [5.41, 5.74) is 0.281. The van der Waals surface area contributed by atoms with Crippen LogP contribution in [0.15, 0.2) is 24.3 Å². The van der Waals surface area contributed by atoms with Crippen molar-refractivity contribution in [3.8, 4) is 11.5 Å². The van der Waals surface area contributed by atoms with Crippen LogP contribution in [0.2, 0.25) is 0 Å². The van der Waals surface area contributed by atoms with Gasteiger partial charge in [-0.25, -0.2) is 0 Å². The third kappa shape index (κ3) is 8.70. The minimum Gasteiger partial charge on any atom is -0.423 e. The van der Waals surface area contributed by atoms with E-state index in [1.807, 2.05) is 6.92 Å². The van der Waals surface area contributed by atoms with E-state index in [0.717, 1.165) is 32.1 Å². The maximum atomic E-state index is 12.0. The molecule has 0 radical (unpaired) electrons. The quantitative estimate of drug-likeness (QED) is 0.349. The fourth-order valence-corrected chi connectivity index (χ4v) is 2.21. The van der Waals surface area contributed by atoms with Gasteiger partial charge in [0.1, 0.15) is 0 Å². The smallest absolute Gasteiger partial charge is 0.311 e. The molecule has 1 aromatic rings. The van der Waals surface area contributed by atoms with Gasteiger partial charge in [-0.05, 0) is 36.8 Å².